The summed E-state index contributed by atoms with van der Waals surface area (Å²) in [5.74, 6) is -0.396. The molecule has 0 radical (unpaired) electrons. The molecule has 0 atom stereocenters. The summed E-state index contributed by atoms with van der Waals surface area (Å²) in [6, 6.07) is 8.62. The maximum absolute atomic E-state index is 12.5. The van der Waals surface area contributed by atoms with Crippen LogP contribution in [0.5, 0.6) is 0 Å². The molecule has 0 saturated carbocycles. The number of nitrogens with one attached hydrogen (secondary N) is 2. The molecular formula is C18H18BrN3O3. The van der Waals surface area contributed by atoms with Crippen LogP contribution < -0.4 is 10.7 Å². The molecule has 1 aliphatic rings. The number of nitrogens with zero attached hydrogens (tertiary/aromatic N) is 1. The van der Waals surface area contributed by atoms with Gasteiger partial charge in [0, 0.05) is 47.5 Å². The number of halogens is 1. The average molecular weight is 404 g/mol. The van der Waals surface area contributed by atoms with Gasteiger partial charge in [0.1, 0.15) is 5.69 Å². The zero-order valence-corrected chi connectivity index (χ0v) is 15.1. The molecule has 0 unspecified atom stereocenters. The minimum Gasteiger partial charge on any atom is -0.366 e. The van der Waals surface area contributed by atoms with Crippen molar-refractivity contribution < 1.29 is 9.59 Å². The number of aromatic amines is 1. The Hall–Kier alpha value is -2.41. The SMILES string of the molecule is O=C(Nc1c[nH]ccc1=O)C1CCN(C(=O)c2ccc(Br)cc2)CC1. The molecule has 1 fully saturated rings. The number of pyridine rings is 1. The number of carbonyl (C=O) groups excluding carboxylic acids is 2. The van der Waals surface area contributed by atoms with Gasteiger partial charge in [-0.1, -0.05) is 15.9 Å². The molecule has 2 N–H and O–H groups in total. The number of piperidine rings is 1. The van der Waals surface area contributed by atoms with Crippen molar-refractivity contribution in [1.29, 1.82) is 0 Å². The summed E-state index contributed by atoms with van der Waals surface area (Å²) in [6.07, 6.45) is 4.16. The van der Waals surface area contributed by atoms with Crippen LogP contribution in [0.1, 0.15) is 23.2 Å². The van der Waals surface area contributed by atoms with Crippen LogP contribution in [0.25, 0.3) is 0 Å². The maximum Gasteiger partial charge on any atom is 0.253 e. The van der Waals surface area contributed by atoms with Crippen LogP contribution >= 0.6 is 15.9 Å². The van der Waals surface area contributed by atoms with Crippen LogP contribution in [0.15, 0.2) is 52.0 Å². The number of benzene rings is 1. The summed E-state index contributed by atoms with van der Waals surface area (Å²) < 4.78 is 0.926. The Bertz CT molecular complexity index is 824. The van der Waals surface area contributed by atoms with Crippen LogP contribution in [-0.2, 0) is 4.79 Å². The number of hydrogen-bond acceptors (Lipinski definition) is 3. The van der Waals surface area contributed by atoms with Gasteiger partial charge in [-0.25, -0.2) is 0 Å². The van der Waals surface area contributed by atoms with Crippen molar-refractivity contribution in [3.63, 3.8) is 0 Å². The fourth-order valence-corrected chi connectivity index (χ4v) is 3.13. The van der Waals surface area contributed by atoms with Gasteiger partial charge in [0.2, 0.25) is 11.3 Å². The summed E-state index contributed by atoms with van der Waals surface area (Å²) in [5.41, 5.74) is 0.665. The van der Waals surface area contributed by atoms with E-state index in [1.807, 2.05) is 12.1 Å². The van der Waals surface area contributed by atoms with Gasteiger partial charge in [-0.3, -0.25) is 14.4 Å². The van der Waals surface area contributed by atoms with Gasteiger partial charge in [-0.05, 0) is 37.1 Å². The van der Waals surface area contributed by atoms with Crippen LogP contribution in [0, 0.1) is 5.92 Å². The van der Waals surface area contributed by atoms with Gasteiger partial charge in [0.05, 0.1) is 0 Å². The Labute approximate surface area is 153 Å². The molecule has 130 valence electrons. The lowest BCUT2D eigenvalue weighted by Crippen LogP contribution is -2.41. The van der Waals surface area contributed by atoms with Gasteiger partial charge in [0.25, 0.3) is 5.91 Å². The molecule has 2 aromatic rings. The zero-order chi connectivity index (χ0) is 17.8. The number of hydrogen-bond donors (Lipinski definition) is 2. The normalized spacial score (nSPS) is 15.0. The van der Waals surface area contributed by atoms with E-state index in [0.29, 0.717) is 31.5 Å². The smallest absolute Gasteiger partial charge is 0.253 e. The highest BCUT2D eigenvalue weighted by atomic mass is 79.9. The predicted molar refractivity (Wildman–Crippen MR) is 98.5 cm³/mol. The summed E-state index contributed by atoms with van der Waals surface area (Å²) >= 11 is 3.35. The lowest BCUT2D eigenvalue weighted by atomic mass is 9.95. The van der Waals surface area contributed by atoms with E-state index >= 15 is 0 Å². The van der Waals surface area contributed by atoms with Crippen molar-refractivity contribution in [2.75, 3.05) is 18.4 Å². The number of aromatic nitrogens is 1. The highest BCUT2D eigenvalue weighted by Crippen LogP contribution is 2.21. The third-order valence-electron chi connectivity index (χ3n) is 4.33. The van der Waals surface area contributed by atoms with E-state index in [4.69, 9.17) is 0 Å². The largest absolute Gasteiger partial charge is 0.366 e. The third kappa shape index (κ3) is 4.17. The van der Waals surface area contributed by atoms with E-state index in [0.717, 1.165) is 4.47 Å². The highest BCUT2D eigenvalue weighted by molar-refractivity contribution is 9.10. The van der Waals surface area contributed by atoms with E-state index in [2.05, 4.69) is 26.2 Å². The molecule has 0 bridgehead atoms. The van der Waals surface area contributed by atoms with Crippen molar-refractivity contribution in [3.8, 4) is 0 Å². The quantitative estimate of drug-likeness (QED) is 0.825. The number of carbonyl (C=O) groups is 2. The lowest BCUT2D eigenvalue weighted by molar-refractivity contribution is -0.121. The molecule has 0 spiro atoms. The van der Waals surface area contributed by atoms with Crippen molar-refractivity contribution in [1.82, 2.24) is 9.88 Å². The van der Waals surface area contributed by atoms with Crippen molar-refractivity contribution >= 4 is 33.4 Å². The van der Waals surface area contributed by atoms with Gasteiger partial charge < -0.3 is 15.2 Å². The van der Waals surface area contributed by atoms with E-state index in [-0.39, 0.29) is 28.8 Å². The molecule has 25 heavy (non-hydrogen) atoms. The monoisotopic (exact) mass is 403 g/mol. The van der Waals surface area contributed by atoms with E-state index in [9.17, 15) is 14.4 Å². The lowest BCUT2D eigenvalue weighted by Gasteiger charge is -2.31. The summed E-state index contributed by atoms with van der Waals surface area (Å²) in [7, 11) is 0. The zero-order valence-electron chi connectivity index (χ0n) is 13.5. The predicted octanol–water partition coefficient (Wildman–Crippen LogP) is 2.63. The van der Waals surface area contributed by atoms with Gasteiger partial charge in [-0.15, -0.1) is 0 Å². The fourth-order valence-electron chi connectivity index (χ4n) is 2.87. The first kappa shape index (κ1) is 17.4. The van der Waals surface area contributed by atoms with Crippen molar-refractivity contribution in [2.45, 2.75) is 12.8 Å². The van der Waals surface area contributed by atoms with E-state index in [1.165, 1.54) is 18.5 Å². The first-order valence-corrected chi connectivity index (χ1v) is 8.86. The minimum atomic E-state index is -0.227. The second-order valence-corrected chi connectivity index (χ2v) is 6.90. The summed E-state index contributed by atoms with van der Waals surface area (Å²) in [5, 5.41) is 2.67. The van der Waals surface area contributed by atoms with Crippen LogP contribution in [0.2, 0.25) is 0 Å². The first-order valence-electron chi connectivity index (χ1n) is 8.07. The average Bonchev–Trinajstić information content (AvgIpc) is 2.64. The Morgan fingerprint density at radius 3 is 2.44 bits per heavy atom. The van der Waals surface area contributed by atoms with Gasteiger partial charge >= 0.3 is 0 Å². The molecule has 1 aromatic carbocycles. The van der Waals surface area contributed by atoms with Crippen molar-refractivity contribution in [2.24, 2.45) is 5.92 Å². The molecule has 1 aromatic heterocycles. The van der Waals surface area contributed by atoms with Crippen LogP contribution in [-0.4, -0.2) is 34.8 Å². The number of H-pyrrole nitrogens is 1. The summed E-state index contributed by atoms with van der Waals surface area (Å²) in [4.78, 5) is 41.0. The molecule has 6 nitrogen and oxygen atoms in total. The van der Waals surface area contributed by atoms with Gasteiger partial charge in [-0.2, -0.15) is 0 Å². The second-order valence-electron chi connectivity index (χ2n) is 5.98. The molecule has 2 amide bonds. The Morgan fingerprint density at radius 1 is 1.12 bits per heavy atom. The fraction of sp³-hybridized carbons (Fsp3) is 0.278. The first-order chi connectivity index (χ1) is 12.0. The third-order valence-corrected chi connectivity index (χ3v) is 4.85. The molecule has 0 aliphatic carbocycles. The number of amides is 2. The Morgan fingerprint density at radius 2 is 1.80 bits per heavy atom. The molecule has 3 rings (SSSR count). The Kier molecular flexibility index (Phi) is 5.33. The maximum atomic E-state index is 12.5. The van der Waals surface area contributed by atoms with Crippen LogP contribution in [0.4, 0.5) is 5.69 Å². The van der Waals surface area contributed by atoms with E-state index in [1.54, 1.807) is 17.0 Å². The molecule has 1 saturated heterocycles. The number of rotatable bonds is 3. The standard InChI is InChI=1S/C18H18BrN3O3/c19-14-3-1-13(2-4-14)18(25)22-9-6-12(7-10-22)17(24)21-15-11-20-8-5-16(15)23/h1-5,8,11-12H,6-7,9-10H2,(H,20,23)(H,21,24). The molecular weight excluding hydrogens is 386 g/mol. The minimum absolute atomic E-state index is 0.0224. The Balaban J connectivity index is 1.57. The second kappa shape index (κ2) is 7.65. The molecule has 1 aliphatic heterocycles. The number of likely N-dealkylation sites (tertiary alicyclic amines) is 1. The molecule has 2 heterocycles. The summed E-state index contributed by atoms with van der Waals surface area (Å²) in [6.45, 7) is 1.05. The van der Waals surface area contributed by atoms with Gasteiger partial charge in [0.15, 0.2) is 0 Å². The topological polar surface area (TPSA) is 82.3 Å². The van der Waals surface area contributed by atoms with E-state index < -0.39 is 0 Å². The highest BCUT2D eigenvalue weighted by Gasteiger charge is 2.28. The molecule has 7 heteroatoms. The number of anilines is 1. The van der Waals surface area contributed by atoms with Crippen molar-refractivity contribution in [3.05, 3.63) is 63.0 Å². The van der Waals surface area contributed by atoms with Crippen LogP contribution in [0.3, 0.4) is 0 Å².